The van der Waals surface area contributed by atoms with Crippen LogP contribution in [-0.4, -0.2) is 43.7 Å². The van der Waals surface area contributed by atoms with Crippen molar-refractivity contribution >= 4 is 5.91 Å². The lowest BCUT2D eigenvalue weighted by Crippen LogP contribution is -2.45. The van der Waals surface area contributed by atoms with Gasteiger partial charge in [0, 0.05) is 19.0 Å². The molecule has 0 bridgehead atoms. The molecule has 0 aromatic heterocycles. The van der Waals surface area contributed by atoms with Crippen molar-refractivity contribution in [3.05, 3.63) is 23.8 Å². The van der Waals surface area contributed by atoms with Gasteiger partial charge in [-0.15, -0.1) is 0 Å². The van der Waals surface area contributed by atoms with Crippen molar-refractivity contribution in [2.24, 2.45) is 23.5 Å². The molecule has 2 fully saturated rings. The van der Waals surface area contributed by atoms with E-state index in [1.807, 2.05) is 24.8 Å². The molecule has 1 aromatic carbocycles. The van der Waals surface area contributed by atoms with Crippen LogP contribution in [0.5, 0.6) is 11.5 Å². The van der Waals surface area contributed by atoms with Crippen LogP contribution in [0.2, 0.25) is 0 Å². The Kier molecular flexibility index (Phi) is 5.76. The van der Waals surface area contributed by atoms with Crippen LogP contribution in [0, 0.1) is 17.8 Å². The average Bonchev–Trinajstić information content (AvgIpc) is 3.38. The predicted molar refractivity (Wildman–Crippen MR) is 103 cm³/mol. The van der Waals surface area contributed by atoms with Crippen LogP contribution in [0.25, 0.3) is 0 Å². The molecule has 5 heteroatoms. The summed E-state index contributed by atoms with van der Waals surface area (Å²) >= 11 is 0. The molecular weight excluding hydrogens is 328 g/mol. The number of methoxy groups -OCH3 is 1. The lowest BCUT2D eigenvalue weighted by atomic mass is 9.90. The Balaban J connectivity index is 1.73. The van der Waals surface area contributed by atoms with E-state index in [-0.39, 0.29) is 11.8 Å². The molecule has 3 unspecified atom stereocenters. The van der Waals surface area contributed by atoms with Gasteiger partial charge in [0.15, 0.2) is 11.5 Å². The summed E-state index contributed by atoms with van der Waals surface area (Å²) < 4.78 is 11.5. The van der Waals surface area contributed by atoms with Gasteiger partial charge in [0.1, 0.15) is 0 Å². The van der Waals surface area contributed by atoms with Gasteiger partial charge in [-0.3, -0.25) is 4.79 Å². The molecule has 2 aliphatic rings. The number of ether oxygens (including phenoxy) is 2. The van der Waals surface area contributed by atoms with Gasteiger partial charge in [-0.1, -0.05) is 26.8 Å². The van der Waals surface area contributed by atoms with Gasteiger partial charge in [0.25, 0.3) is 0 Å². The summed E-state index contributed by atoms with van der Waals surface area (Å²) in [7, 11) is 1.67. The summed E-state index contributed by atoms with van der Waals surface area (Å²) in [6, 6.07) is 5.75. The molecular formula is C21H32N2O3. The van der Waals surface area contributed by atoms with E-state index in [1.165, 1.54) is 18.4 Å². The average molecular weight is 360 g/mol. The predicted octanol–water partition coefficient (Wildman–Crippen LogP) is 3.03. The topological polar surface area (TPSA) is 64.8 Å². The van der Waals surface area contributed by atoms with Gasteiger partial charge in [0.2, 0.25) is 5.91 Å². The molecule has 1 saturated heterocycles. The SMILES string of the molecule is COc1ccc(C2CN(C(=O)C(N)C(C)C)CC2C)cc1OCC1CC1. The Bertz CT molecular complexity index is 642. The Hall–Kier alpha value is -1.75. The molecule has 1 heterocycles. The number of hydrogen-bond donors (Lipinski definition) is 1. The first-order valence-corrected chi connectivity index (χ1v) is 9.75. The largest absolute Gasteiger partial charge is 0.493 e. The van der Waals surface area contributed by atoms with E-state index in [0.29, 0.717) is 17.8 Å². The third-order valence-electron chi connectivity index (χ3n) is 5.71. The number of carbonyl (C=O) groups excluding carboxylic acids is 1. The number of rotatable bonds is 7. The molecule has 1 saturated carbocycles. The zero-order valence-corrected chi connectivity index (χ0v) is 16.4. The van der Waals surface area contributed by atoms with Gasteiger partial charge in [-0.2, -0.15) is 0 Å². The monoisotopic (exact) mass is 360 g/mol. The maximum atomic E-state index is 12.6. The highest BCUT2D eigenvalue weighted by Gasteiger charge is 2.36. The molecule has 3 rings (SSSR count). The van der Waals surface area contributed by atoms with E-state index in [0.717, 1.165) is 31.2 Å². The van der Waals surface area contributed by atoms with E-state index < -0.39 is 6.04 Å². The second-order valence-corrected chi connectivity index (χ2v) is 8.26. The van der Waals surface area contributed by atoms with Gasteiger partial charge in [-0.05, 0) is 48.3 Å². The van der Waals surface area contributed by atoms with Crippen LogP contribution in [-0.2, 0) is 4.79 Å². The van der Waals surface area contributed by atoms with Crippen molar-refractivity contribution in [2.75, 3.05) is 26.8 Å². The molecule has 0 spiro atoms. The fourth-order valence-corrected chi connectivity index (χ4v) is 3.61. The molecule has 144 valence electrons. The number of nitrogens with two attached hydrogens (primary N) is 1. The molecule has 5 nitrogen and oxygen atoms in total. The molecule has 26 heavy (non-hydrogen) atoms. The molecule has 2 N–H and O–H groups in total. The highest BCUT2D eigenvalue weighted by molar-refractivity contribution is 5.82. The summed E-state index contributed by atoms with van der Waals surface area (Å²) in [5, 5.41) is 0. The van der Waals surface area contributed by atoms with E-state index in [9.17, 15) is 4.79 Å². The number of likely N-dealkylation sites (tertiary alicyclic amines) is 1. The first-order valence-electron chi connectivity index (χ1n) is 9.75. The van der Waals surface area contributed by atoms with E-state index in [4.69, 9.17) is 15.2 Å². The summed E-state index contributed by atoms with van der Waals surface area (Å²) in [6.45, 7) is 8.42. The highest BCUT2D eigenvalue weighted by atomic mass is 16.5. The summed E-state index contributed by atoms with van der Waals surface area (Å²) in [5.74, 6) is 3.19. The fraction of sp³-hybridized carbons (Fsp3) is 0.667. The lowest BCUT2D eigenvalue weighted by molar-refractivity contribution is -0.132. The Labute approximate surface area is 156 Å². The van der Waals surface area contributed by atoms with Crippen molar-refractivity contribution in [1.29, 1.82) is 0 Å². The highest BCUT2D eigenvalue weighted by Crippen LogP contribution is 2.38. The minimum Gasteiger partial charge on any atom is -0.493 e. The van der Waals surface area contributed by atoms with Crippen LogP contribution in [0.4, 0.5) is 0 Å². The second-order valence-electron chi connectivity index (χ2n) is 8.26. The Morgan fingerprint density at radius 1 is 1.27 bits per heavy atom. The van der Waals surface area contributed by atoms with Gasteiger partial charge < -0.3 is 20.1 Å². The Morgan fingerprint density at radius 2 is 2.00 bits per heavy atom. The normalized spacial score (nSPS) is 24.0. The molecule has 3 atom stereocenters. The van der Waals surface area contributed by atoms with Crippen LogP contribution >= 0.6 is 0 Å². The number of amides is 1. The third-order valence-corrected chi connectivity index (χ3v) is 5.71. The minimum absolute atomic E-state index is 0.0630. The first kappa shape index (κ1) is 19.0. The maximum absolute atomic E-state index is 12.6. The van der Waals surface area contributed by atoms with Crippen LogP contribution in [0.3, 0.4) is 0 Å². The molecule has 0 radical (unpaired) electrons. The number of carbonyl (C=O) groups is 1. The molecule has 1 aliphatic heterocycles. The minimum atomic E-state index is -0.422. The summed E-state index contributed by atoms with van der Waals surface area (Å²) in [4.78, 5) is 14.5. The van der Waals surface area contributed by atoms with Gasteiger partial charge in [0.05, 0.1) is 19.8 Å². The number of benzene rings is 1. The summed E-state index contributed by atoms with van der Waals surface area (Å²) in [6.07, 6.45) is 2.52. The van der Waals surface area contributed by atoms with Crippen molar-refractivity contribution in [1.82, 2.24) is 4.90 Å². The van der Waals surface area contributed by atoms with Crippen molar-refractivity contribution in [3.63, 3.8) is 0 Å². The number of nitrogens with zero attached hydrogens (tertiary/aromatic N) is 1. The molecule has 1 amide bonds. The fourth-order valence-electron chi connectivity index (χ4n) is 3.61. The van der Waals surface area contributed by atoms with Crippen LogP contribution in [0.15, 0.2) is 18.2 Å². The van der Waals surface area contributed by atoms with E-state index in [1.54, 1.807) is 7.11 Å². The standard InChI is InChI=1S/C21H32N2O3/c1-13(2)20(22)21(24)23-10-14(3)17(11-23)16-7-8-18(25-4)19(9-16)26-12-15-5-6-15/h7-9,13-15,17,20H,5-6,10-12,22H2,1-4H3. The second kappa shape index (κ2) is 7.87. The number of hydrogen-bond acceptors (Lipinski definition) is 4. The van der Waals surface area contributed by atoms with Gasteiger partial charge >= 0.3 is 0 Å². The summed E-state index contributed by atoms with van der Waals surface area (Å²) in [5.41, 5.74) is 7.28. The molecule has 1 aromatic rings. The van der Waals surface area contributed by atoms with Crippen LogP contribution < -0.4 is 15.2 Å². The smallest absolute Gasteiger partial charge is 0.239 e. The quantitative estimate of drug-likeness (QED) is 0.812. The van der Waals surface area contributed by atoms with Crippen molar-refractivity contribution < 1.29 is 14.3 Å². The Morgan fingerprint density at radius 3 is 2.62 bits per heavy atom. The lowest BCUT2D eigenvalue weighted by Gasteiger charge is -2.23. The van der Waals surface area contributed by atoms with Gasteiger partial charge in [-0.25, -0.2) is 0 Å². The molecule has 1 aliphatic carbocycles. The third kappa shape index (κ3) is 4.14. The van der Waals surface area contributed by atoms with Crippen molar-refractivity contribution in [3.8, 4) is 11.5 Å². The van der Waals surface area contributed by atoms with E-state index in [2.05, 4.69) is 19.1 Å². The zero-order valence-electron chi connectivity index (χ0n) is 16.4. The van der Waals surface area contributed by atoms with Crippen molar-refractivity contribution in [2.45, 2.75) is 45.6 Å². The van der Waals surface area contributed by atoms with E-state index >= 15 is 0 Å². The maximum Gasteiger partial charge on any atom is 0.239 e. The van der Waals surface area contributed by atoms with Crippen LogP contribution in [0.1, 0.15) is 45.1 Å². The zero-order chi connectivity index (χ0) is 18.8. The first-order chi connectivity index (χ1) is 12.4.